The van der Waals surface area contributed by atoms with Crippen molar-refractivity contribution in [3.63, 3.8) is 0 Å². The number of hydrogen-bond donors (Lipinski definition) is 1. The highest BCUT2D eigenvalue weighted by molar-refractivity contribution is 9.10. The molecule has 1 N–H and O–H groups in total. The summed E-state index contributed by atoms with van der Waals surface area (Å²) in [6.45, 7) is 4.82. The summed E-state index contributed by atoms with van der Waals surface area (Å²) in [5, 5.41) is 12.4. The monoisotopic (exact) mass is 458 g/mol. The number of rotatable bonds is 8. The molecule has 1 unspecified atom stereocenters. The molecule has 0 aliphatic rings. The lowest BCUT2D eigenvalue weighted by molar-refractivity contribution is -0.119. The minimum Gasteiger partial charge on any atom is -0.349 e. The van der Waals surface area contributed by atoms with Crippen LogP contribution in [0.25, 0.3) is 0 Å². The quantitative estimate of drug-likeness (QED) is 0.500. The lowest BCUT2D eigenvalue weighted by Crippen LogP contribution is -2.28. The van der Waals surface area contributed by atoms with E-state index in [1.54, 1.807) is 0 Å². The van der Waals surface area contributed by atoms with E-state index in [2.05, 4.69) is 55.1 Å². The number of carbonyl (C=O) groups excluding carboxylic acids is 1. The van der Waals surface area contributed by atoms with E-state index in [4.69, 9.17) is 0 Å². The van der Waals surface area contributed by atoms with Gasteiger partial charge in [-0.05, 0) is 37.1 Å². The summed E-state index contributed by atoms with van der Waals surface area (Å²) in [4.78, 5) is 12.4. The normalized spacial score (nSPS) is 12.0. The maximum atomic E-state index is 12.4. The van der Waals surface area contributed by atoms with Crippen molar-refractivity contribution in [1.29, 1.82) is 0 Å². The second-order valence-electron chi connectivity index (χ2n) is 6.43. The van der Waals surface area contributed by atoms with Gasteiger partial charge >= 0.3 is 0 Å². The van der Waals surface area contributed by atoms with Gasteiger partial charge in [0.05, 0.1) is 11.8 Å². The van der Waals surface area contributed by atoms with E-state index >= 15 is 0 Å². The molecule has 3 rings (SSSR count). The minimum absolute atomic E-state index is 0.0179. The fourth-order valence-electron chi connectivity index (χ4n) is 2.90. The molecule has 3 aromatic rings. The van der Waals surface area contributed by atoms with Gasteiger partial charge in [0.1, 0.15) is 5.82 Å². The minimum atomic E-state index is -0.0427. The molecule has 0 aliphatic carbocycles. The van der Waals surface area contributed by atoms with Crippen LogP contribution in [0.1, 0.15) is 36.8 Å². The fourth-order valence-corrected chi connectivity index (χ4v) is 4.00. The Bertz CT molecular complexity index is 912. The molecule has 28 heavy (non-hydrogen) atoms. The second-order valence-corrected chi connectivity index (χ2v) is 8.29. The average molecular weight is 459 g/mol. The molecule has 7 heteroatoms. The fraction of sp³-hybridized carbons (Fsp3) is 0.286. The van der Waals surface area contributed by atoms with Gasteiger partial charge in [-0.1, -0.05) is 70.2 Å². The smallest absolute Gasteiger partial charge is 0.230 e. The molecular weight excluding hydrogens is 436 g/mol. The van der Waals surface area contributed by atoms with Crippen LogP contribution >= 0.6 is 27.7 Å². The Balaban J connectivity index is 1.58. The molecule has 1 aromatic heterocycles. The molecule has 146 valence electrons. The van der Waals surface area contributed by atoms with Crippen molar-refractivity contribution in [2.45, 2.75) is 38.0 Å². The Morgan fingerprint density at radius 3 is 2.54 bits per heavy atom. The Labute approximate surface area is 178 Å². The highest BCUT2D eigenvalue weighted by atomic mass is 79.9. The number of halogens is 1. The average Bonchev–Trinajstić information content (AvgIpc) is 3.09. The van der Waals surface area contributed by atoms with Gasteiger partial charge in [-0.25, -0.2) is 0 Å². The molecule has 1 heterocycles. The van der Waals surface area contributed by atoms with E-state index in [1.165, 1.54) is 17.3 Å². The zero-order chi connectivity index (χ0) is 19.9. The number of nitrogens with zero attached hydrogens (tertiary/aromatic N) is 3. The van der Waals surface area contributed by atoms with Crippen molar-refractivity contribution in [3.8, 4) is 0 Å². The van der Waals surface area contributed by atoms with Crippen LogP contribution < -0.4 is 5.32 Å². The van der Waals surface area contributed by atoms with Crippen LogP contribution in [-0.2, 0) is 17.8 Å². The number of thioether (sulfide) groups is 1. The maximum Gasteiger partial charge on any atom is 0.230 e. The molecule has 0 radical (unpaired) electrons. The van der Waals surface area contributed by atoms with Gasteiger partial charge in [0.25, 0.3) is 0 Å². The third-order valence-corrected chi connectivity index (χ3v) is 5.89. The summed E-state index contributed by atoms with van der Waals surface area (Å²) >= 11 is 4.85. The highest BCUT2D eigenvalue weighted by Crippen LogP contribution is 2.20. The lowest BCUT2D eigenvalue weighted by atomic mass is 10.1. The van der Waals surface area contributed by atoms with Crippen molar-refractivity contribution in [3.05, 3.63) is 76.0 Å². The van der Waals surface area contributed by atoms with Crippen LogP contribution in [-0.4, -0.2) is 26.4 Å². The standard InChI is InChI=1S/C21H23BrN4OS/c1-3-26-19(13-16-7-5-4-6-8-16)24-25-21(26)28-14-20(27)23-15(2)17-9-11-18(22)12-10-17/h4-12,15H,3,13-14H2,1-2H3,(H,23,27). The van der Waals surface area contributed by atoms with Crippen molar-refractivity contribution in [2.24, 2.45) is 0 Å². The van der Waals surface area contributed by atoms with Gasteiger partial charge < -0.3 is 9.88 Å². The van der Waals surface area contributed by atoms with Crippen LogP contribution in [0.2, 0.25) is 0 Å². The number of carbonyl (C=O) groups is 1. The van der Waals surface area contributed by atoms with Gasteiger partial charge in [0, 0.05) is 17.4 Å². The topological polar surface area (TPSA) is 59.8 Å². The molecule has 0 saturated carbocycles. The van der Waals surface area contributed by atoms with Gasteiger partial charge in [-0.15, -0.1) is 10.2 Å². The van der Waals surface area contributed by atoms with E-state index in [0.29, 0.717) is 5.75 Å². The van der Waals surface area contributed by atoms with Gasteiger partial charge in [-0.2, -0.15) is 0 Å². The van der Waals surface area contributed by atoms with Gasteiger partial charge in [0.15, 0.2) is 5.16 Å². The van der Waals surface area contributed by atoms with Crippen molar-refractivity contribution >= 4 is 33.6 Å². The van der Waals surface area contributed by atoms with Gasteiger partial charge in [-0.3, -0.25) is 4.79 Å². The van der Waals surface area contributed by atoms with E-state index in [9.17, 15) is 4.79 Å². The number of nitrogens with one attached hydrogen (secondary N) is 1. The summed E-state index contributed by atoms with van der Waals surface area (Å²) in [5.74, 6) is 1.21. The lowest BCUT2D eigenvalue weighted by Gasteiger charge is -2.14. The van der Waals surface area contributed by atoms with E-state index < -0.39 is 0 Å². The Morgan fingerprint density at radius 2 is 1.86 bits per heavy atom. The Hall–Kier alpha value is -2.12. The highest BCUT2D eigenvalue weighted by Gasteiger charge is 2.15. The van der Waals surface area contributed by atoms with Crippen LogP contribution in [0, 0.1) is 0 Å². The van der Waals surface area contributed by atoms with Crippen LogP contribution in [0.15, 0.2) is 64.2 Å². The first-order valence-electron chi connectivity index (χ1n) is 9.20. The SMILES string of the molecule is CCn1c(Cc2ccccc2)nnc1SCC(=O)NC(C)c1ccc(Br)cc1. The van der Waals surface area contributed by atoms with Crippen LogP contribution in [0.3, 0.4) is 0 Å². The van der Waals surface area contributed by atoms with Crippen LogP contribution in [0.4, 0.5) is 0 Å². The molecule has 0 aliphatic heterocycles. The first-order valence-corrected chi connectivity index (χ1v) is 11.0. The van der Waals surface area contributed by atoms with E-state index in [0.717, 1.165) is 34.0 Å². The van der Waals surface area contributed by atoms with Gasteiger partial charge in [0.2, 0.25) is 5.91 Å². The number of hydrogen-bond acceptors (Lipinski definition) is 4. The van der Waals surface area contributed by atoms with Crippen molar-refractivity contribution < 1.29 is 4.79 Å². The predicted octanol–water partition coefficient (Wildman–Crippen LogP) is 4.62. The zero-order valence-electron chi connectivity index (χ0n) is 15.9. The molecule has 1 amide bonds. The second kappa shape index (κ2) is 9.89. The molecule has 0 spiro atoms. The maximum absolute atomic E-state index is 12.4. The predicted molar refractivity (Wildman–Crippen MR) is 116 cm³/mol. The Kier molecular flexibility index (Phi) is 7.28. The number of aromatic nitrogens is 3. The largest absolute Gasteiger partial charge is 0.349 e. The molecule has 0 bridgehead atoms. The third-order valence-electron chi connectivity index (χ3n) is 4.39. The number of benzene rings is 2. The summed E-state index contributed by atoms with van der Waals surface area (Å²) in [6.07, 6.45) is 0.731. The first-order chi connectivity index (χ1) is 13.6. The zero-order valence-corrected chi connectivity index (χ0v) is 18.3. The van der Waals surface area contributed by atoms with Crippen LogP contribution in [0.5, 0.6) is 0 Å². The third kappa shape index (κ3) is 5.45. The van der Waals surface area contributed by atoms with E-state index in [-0.39, 0.29) is 11.9 Å². The summed E-state index contributed by atoms with van der Waals surface area (Å²) < 4.78 is 3.10. The Morgan fingerprint density at radius 1 is 1.14 bits per heavy atom. The first kappa shape index (κ1) is 20.6. The number of amides is 1. The molecule has 5 nitrogen and oxygen atoms in total. The summed E-state index contributed by atoms with van der Waals surface area (Å²) in [7, 11) is 0. The summed E-state index contributed by atoms with van der Waals surface area (Å²) in [6, 6.07) is 18.1. The molecule has 0 saturated heterocycles. The molecule has 0 fully saturated rings. The van der Waals surface area contributed by atoms with E-state index in [1.807, 2.05) is 49.4 Å². The van der Waals surface area contributed by atoms with Crippen molar-refractivity contribution in [1.82, 2.24) is 20.1 Å². The summed E-state index contributed by atoms with van der Waals surface area (Å²) in [5.41, 5.74) is 2.27. The molecule has 2 aromatic carbocycles. The molecule has 1 atom stereocenters. The van der Waals surface area contributed by atoms with Crippen molar-refractivity contribution in [2.75, 3.05) is 5.75 Å². The molecular formula is C21H23BrN4OS.